The second-order valence-electron chi connectivity index (χ2n) is 5.47. The molecule has 1 aromatic carbocycles. The summed E-state index contributed by atoms with van der Waals surface area (Å²) in [6.07, 6.45) is 6.14. The van der Waals surface area contributed by atoms with Crippen molar-refractivity contribution in [1.82, 2.24) is 0 Å². The van der Waals surface area contributed by atoms with Crippen molar-refractivity contribution in [2.75, 3.05) is 17.3 Å². The molecule has 2 rings (SSSR count). The van der Waals surface area contributed by atoms with Gasteiger partial charge in [0.2, 0.25) is 0 Å². The summed E-state index contributed by atoms with van der Waals surface area (Å²) in [7, 11) is 0. The third-order valence-corrected chi connectivity index (χ3v) is 4.48. The fraction of sp³-hybridized carbons (Fsp3) is 0.600. The Labute approximate surface area is 120 Å². The lowest BCUT2D eigenvalue weighted by Crippen LogP contribution is -2.16. The van der Waals surface area contributed by atoms with Gasteiger partial charge in [-0.1, -0.05) is 0 Å². The van der Waals surface area contributed by atoms with Crippen LogP contribution in [0.4, 0.5) is 11.4 Å². The van der Waals surface area contributed by atoms with Crippen molar-refractivity contribution in [1.29, 1.82) is 0 Å². The van der Waals surface area contributed by atoms with Gasteiger partial charge >= 0.3 is 0 Å². The van der Waals surface area contributed by atoms with E-state index in [1.165, 1.54) is 19.3 Å². The molecule has 3 N–H and O–H groups in total. The number of rotatable bonds is 5. The Morgan fingerprint density at radius 1 is 1.32 bits per heavy atom. The van der Waals surface area contributed by atoms with Crippen LogP contribution >= 0.6 is 11.8 Å². The lowest BCUT2D eigenvalue weighted by Gasteiger charge is -2.17. The smallest absolute Gasteiger partial charge is 0.123 e. The Morgan fingerprint density at radius 2 is 2.11 bits per heavy atom. The van der Waals surface area contributed by atoms with Crippen LogP contribution in [-0.2, 0) is 0 Å². The Hall–Kier alpha value is -1.03. The van der Waals surface area contributed by atoms with Crippen LogP contribution in [0, 0.1) is 0 Å². The lowest BCUT2D eigenvalue weighted by atomic mass is 10.2. The minimum absolute atomic E-state index is 0.169. The summed E-state index contributed by atoms with van der Waals surface area (Å²) in [5.74, 6) is 0.844. The Bertz CT molecular complexity index is 423. The molecule has 0 heterocycles. The quantitative estimate of drug-likeness (QED) is 0.806. The van der Waals surface area contributed by atoms with Gasteiger partial charge in [0, 0.05) is 34.8 Å². The van der Waals surface area contributed by atoms with Crippen LogP contribution in [0.15, 0.2) is 18.2 Å². The van der Waals surface area contributed by atoms with E-state index in [1.54, 1.807) is 0 Å². The largest absolute Gasteiger partial charge is 0.491 e. The number of thioether (sulfide) groups is 1. The first kappa shape index (κ1) is 14.4. The van der Waals surface area contributed by atoms with Gasteiger partial charge in [0.25, 0.3) is 0 Å². The van der Waals surface area contributed by atoms with Gasteiger partial charge in [-0.25, -0.2) is 0 Å². The Kier molecular flexibility index (Phi) is 4.86. The van der Waals surface area contributed by atoms with Crippen LogP contribution in [0.3, 0.4) is 0 Å². The molecule has 1 saturated carbocycles. The molecule has 0 amide bonds. The molecule has 0 spiro atoms. The molecule has 0 bridgehead atoms. The van der Waals surface area contributed by atoms with E-state index in [0.717, 1.165) is 22.4 Å². The van der Waals surface area contributed by atoms with Crippen molar-refractivity contribution in [3.63, 3.8) is 0 Å². The topological polar surface area (TPSA) is 47.3 Å². The summed E-state index contributed by atoms with van der Waals surface area (Å²) in [6, 6.07) is 6.47. The fourth-order valence-corrected chi connectivity index (χ4v) is 3.36. The highest BCUT2D eigenvalue weighted by molar-refractivity contribution is 7.99. The normalized spacial score (nSPS) is 22.7. The summed E-state index contributed by atoms with van der Waals surface area (Å²) < 4.78 is 5.72. The SMILES string of the molecule is CSC1CCC(Nc2cc(N)cc(OC(C)C)c2)C1. The van der Waals surface area contributed by atoms with Crippen molar-refractivity contribution in [3.05, 3.63) is 18.2 Å². The van der Waals surface area contributed by atoms with E-state index in [1.807, 2.05) is 43.8 Å². The predicted octanol–water partition coefficient (Wildman–Crippen LogP) is 3.75. The fourth-order valence-electron chi connectivity index (χ4n) is 2.57. The molecule has 19 heavy (non-hydrogen) atoms. The molecule has 4 heteroatoms. The molecular formula is C15H24N2OS. The number of hydrogen-bond donors (Lipinski definition) is 2. The standard InChI is InChI=1S/C15H24N2OS/c1-10(2)18-14-7-11(16)6-13(8-14)17-12-4-5-15(9-12)19-3/h6-8,10,12,15,17H,4-5,9,16H2,1-3H3. The third-order valence-electron chi connectivity index (χ3n) is 3.39. The van der Waals surface area contributed by atoms with Gasteiger partial charge in [0.15, 0.2) is 0 Å². The number of anilines is 2. The first-order chi connectivity index (χ1) is 9.06. The Morgan fingerprint density at radius 3 is 2.74 bits per heavy atom. The predicted molar refractivity (Wildman–Crippen MR) is 85.2 cm³/mol. The highest BCUT2D eigenvalue weighted by Crippen LogP contribution is 2.31. The summed E-state index contributed by atoms with van der Waals surface area (Å²) in [6.45, 7) is 4.05. The summed E-state index contributed by atoms with van der Waals surface area (Å²) in [5, 5.41) is 4.38. The molecule has 1 aliphatic carbocycles. The number of hydrogen-bond acceptors (Lipinski definition) is 4. The van der Waals surface area contributed by atoms with Gasteiger partial charge in [-0.15, -0.1) is 0 Å². The number of nitrogen functional groups attached to an aromatic ring is 1. The number of benzene rings is 1. The zero-order chi connectivity index (χ0) is 13.8. The lowest BCUT2D eigenvalue weighted by molar-refractivity contribution is 0.242. The van der Waals surface area contributed by atoms with E-state index in [-0.39, 0.29) is 6.10 Å². The minimum Gasteiger partial charge on any atom is -0.491 e. The van der Waals surface area contributed by atoms with Crippen LogP contribution < -0.4 is 15.8 Å². The molecular weight excluding hydrogens is 256 g/mol. The highest BCUT2D eigenvalue weighted by atomic mass is 32.2. The van der Waals surface area contributed by atoms with E-state index in [4.69, 9.17) is 10.5 Å². The first-order valence-electron chi connectivity index (χ1n) is 6.93. The molecule has 0 aliphatic heterocycles. The van der Waals surface area contributed by atoms with Gasteiger partial charge in [0.05, 0.1) is 6.10 Å². The van der Waals surface area contributed by atoms with Crippen molar-refractivity contribution in [2.24, 2.45) is 0 Å². The van der Waals surface area contributed by atoms with Crippen molar-refractivity contribution < 1.29 is 4.74 Å². The molecule has 0 saturated heterocycles. The van der Waals surface area contributed by atoms with E-state index in [9.17, 15) is 0 Å². The molecule has 1 fully saturated rings. The van der Waals surface area contributed by atoms with Crippen LogP contribution in [0.2, 0.25) is 0 Å². The van der Waals surface area contributed by atoms with Crippen molar-refractivity contribution >= 4 is 23.1 Å². The molecule has 0 aromatic heterocycles. The highest BCUT2D eigenvalue weighted by Gasteiger charge is 2.23. The summed E-state index contributed by atoms with van der Waals surface area (Å²) >= 11 is 1.97. The summed E-state index contributed by atoms with van der Waals surface area (Å²) in [5.41, 5.74) is 7.76. The van der Waals surface area contributed by atoms with Gasteiger partial charge in [-0.2, -0.15) is 11.8 Å². The van der Waals surface area contributed by atoms with Gasteiger partial charge in [-0.05, 0) is 45.4 Å². The number of nitrogens with one attached hydrogen (secondary N) is 1. The maximum Gasteiger partial charge on any atom is 0.123 e. The van der Waals surface area contributed by atoms with Crippen molar-refractivity contribution in [2.45, 2.75) is 50.5 Å². The molecule has 1 aromatic rings. The van der Waals surface area contributed by atoms with Crippen LogP contribution in [0.25, 0.3) is 0 Å². The van der Waals surface area contributed by atoms with E-state index in [2.05, 4.69) is 11.6 Å². The molecule has 2 unspecified atom stereocenters. The van der Waals surface area contributed by atoms with Crippen LogP contribution in [0.5, 0.6) is 5.75 Å². The zero-order valence-electron chi connectivity index (χ0n) is 12.0. The molecule has 2 atom stereocenters. The molecule has 3 nitrogen and oxygen atoms in total. The van der Waals surface area contributed by atoms with E-state index in [0.29, 0.717) is 6.04 Å². The van der Waals surface area contributed by atoms with Gasteiger partial charge in [0.1, 0.15) is 5.75 Å². The average molecular weight is 280 g/mol. The monoisotopic (exact) mass is 280 g/mol. The zero-order valence-corrected chi connectivity index (χ0v) is 12.8. The van der Waals surface area contributed by atoms with E-state index < -0.39 is 0 Å². The molecule has 0 radical (unpaired) electrons. The van der Waals surface area contributed by atoms with Crippen molar-refractivity contribution in [3.8, 4) is 5.75 Å². The first-order valence-corrected chi connectivity index (χ1v) is 8.22. The minimum atomic E-state index is 0.169. The van der Waals surface area contributed by atoms with Crippen LogP contribution in [-0.4, -0.2) is 23.7 Å². The third kappa shape index (κ3) is 4.23. The average Bonchev–Trinajstić information content (AvgIpc) is 2.74. The maximum absolute atomic E-state index is 5.94. The molecule has 106 valence electrons. The Balaban J connectivity index is 2.02. The van der Waals surface area contributed by atoms with Gasteiger partial charge < -0.3 is 15.8 Å². The maximum atomic E-state index is 5.94. The van der Waals surface area contributed by atoms with E-state index >= 15 is 0 Å². The number of ether oxygens (including phenoxy) is 1. The second kappa shape index (κ2) is 6.42. The summed E-state index contributed by atoms with van der Waals surface area (Å²) in [4.78, 5) is 0. The number of nitrogens with two attached hydrogens (primary N) is 1. The second-order valence-corrected chi connectivity index (χ2v) is 6.61. The van der Waals surface area contributed by atoms with Crippen LogP contribution in [0.1, 0.15) is 33.1 Å². The van der Waals surface area contributed by atoms with Gasteiger partial charge in [-0.3, -0.25) is 0 Å². The molecule has 1 aliphatic rings.